The van der Waals surface area contributed by atoms with Crippen LogP contribution in [0, 0.1) is 0 Å². The van der Waals surface area contributed by atoms with Gasteiger partial charge < -0.3 is 9.64 Å². The second-order valence-electron chi connectivity index (χ2n) is 8.18. The first-order valence-electron chi connectivity index (χ1n) is 11.1. The van der Waals surface area contributed by atoms with Crippen molar-refractivity contribution in [2.75, 3.05) is 19.7 Å². The molecule has 0 bridgehead atoms. The van der Waals surface area contributed by atoms with Gasteiger partial charge in [0, 0.05) is 40.3 Å². The molecule has 0 N–H and O–H groups in total. The summed E-state index contributed by atoms with van der Waals surface area (Å²) in [5.41, 5.74) is 8.60. The summed E-state index contributed by atoms with van der Waals surface area (Å²) in [4.78, 5) is 20.2. The number of likely N-dealkylation sites (tertiary alicyclic amines) is 1. The minimum Gasteiger partial charge on any atom is -0.450 e. The van der Waals surface area contributed by atoms with Gasteiger partial charge in [-0.3, -0.25) is 4.98 Å². The number of fused-ring (bicyclic) bond motifs is 2. The van der Waals surface area contributed by atoms with E-state index in [1.54, 1.807) is 16.2 Å². The van der Waals surface area contributed by atoms with Crippen LogP contribution in [0.25, 0.3) is 16.0 Å². The Hall–Kier alpha value is -2.63. The Kier molecular flexibility index (Phi) is 6.03. The summed E-state index contributed by atoms with van der Waals surface area (Å²) in [6.45, 7) is 3.59. The van der Waals surface area contributed by atoms with Crippen LogP contribution in [0.2, 0.25) is 5.02 Å². The Morgan fingerprint density at radius 1 is 1.12 bits per heavy atom. The van der Waals surface area contributed by atoms with Crippen LogP contribution in [0.5, 0.6) is 0 Å². The summed E-state index contributed by atoms with van der Waals surface area (Å²) >= 11 is 8.10. The van der Waals surface area contributed by atoms with E-state index in [0.29, 0.717) is 19.7 Å². The molecule has 5 rings (SSSR count). The van der Waals surface area contributed by atoms with Crippen molar-refractivity contribution in [3.63, 3.8) is 0 Å². The summed E-state index contributed by atoms with van der Waals surface area (Å²) in [6.07, 6.45) is 5.29. The summed E-state index contributed by atoms with van der Waals surface area (Å²) in [7, 11) is 0. The highest BCUT2D eigenvalue weighted by molar-refractivity contribution is 7.13. The van der Waals surface area contributed by atoms with Crippen molar-refractivity contribution in [3.8, 4) is 10.4 Å². The van der Waals surface area contributed by atoms with Crippen molar-refractivity contribution >= 4 is 34.6 Å². The van der Waals surface area contributed by atoms with Crippen LogP contribution in [0.15, 0.2) is 53.5 Å². The van der Waals surface area contributed by atoms with E-state index in [4.69, 9.17) is 21.3 Å². The first kappa shape index (κ1) is 21.2. The van der Waals surface area contributed by atoms with Crippen LogP contribution < -0.4 is 0 Å². The topological polar surface area (TPSA) is 42.4 Å². The fourth-order valence-electron chi connectivity index (χ4n) is 4.70. The Balaban J connectivity index is 1.58. The standard InChI is InChI=1S/C26H25ClN2O2S/c1-2-31-26(30)29-11-9-17(10-12-29)24-22-8-7-21(27)15-18(22)5-6-19-14-20(16-28-25(19)24)23-4-3-13-32-23/h3-4,7-8,13-16H,2,5-6,9-12H2,1H3. The number of aromatic nitrogens is 1. The first-order chi connectivity index (χ1) is 15.6. The van der Waals surface area contributed by atoms with Crippen molar-refractivity contribution in [1.82, 2.24) is 9.88 Å². The number of halogens is 1. The summed E-state index contributed by atoms with van der Waals surface area (Å²) < 4.78 is 5.20. The molecule has 1 aromatic carbocycles. The molecule has 0 spiro atoms. The summed E-state index contributed by atoms with van der Waals surface area (Å²) in [6, 6.07) is 12.7. The number of aryl methyl sites for hydroxylation is 2. The van der Waals surface area contributed by atoms with Gasteiger partial charge in [0.15, 0.2) is 0 Å². The molecule has 1 amide bonds. The van der Waals surface area contributed by atoms with Gasteiger partial charge >= 0.3 is 6.09 Å². The molecule has 0 atom stereocenters. The van der Waals surface area contributed by atoms with Crippen LogP contribution in [-0.2, 0) is 17.6 Å². The molecule has 1 aliphatic heterocycles. The Morgan fingerprint density at radius 3 is 2.69 bits per heavy atom. The largest absolute Gasteiger partial charge is 0.450 e. The maximum absolute atomic E-state index is 12.2. The molecule has 1 aliphatic carbocycles. The molecular weight excluding hydrogens is 440 g/mol. The number of rotatable bonds is 2. The number of carbonyl (C=O) groups excluding carboxylic acids is 1. The molecule has 0 radical (unpaired) electrons. The van der Waals surface area contributed by atoms with Crippen molar-refractivity contribution < 1.29 is 9.53 Å². The third kappa shape index (κ3) is 4.07. The minimum absolute atomic E-state index is 0.219. The maximum Gasteiger partial charge on any atom is 0.409 e. The predicted molar refractivity (Wildman–Crippen MR) is 130 cm³/mol. The SMILES string of the molecule is CCOC(=O)N1CCC(=C2c3ccc(Cl)cc3CCc3cc(-c4cccs4)cnc32)CC1. The van der Waals surface area contributed by atoms with Gasteiger partial charge in [-0.05, 0) is 78.9 Å². The zero-order valence-electron chi connectivity index (χ0n) is 18.1. The molecule has 164 valence electrons. The third-order valence-corrected chi connectivity index (χ3v) is 7.41. The van der Waals surface area contributed by atoms with Gasteiger partial charge in [-0.25, -0.2) is 4.79 Å². The van der Waals surface area contributed by atoms with E-state index in [9.17, 15) is 4.79 Å². The average Bonchev–Trinajstić information content (AvgIpc) is 3.30. The number of amides is 1. The molecule has 2 aliphatic rings. The molecule has 32 heavy (non-hydrogen) atoms. The Labute approximate surface area is 197 Å². The highest BCUT2D eigenvalue weighted by Crippen LogP contribution is 2.39. The van der Waals surface area contributed by atoms with Crippen molar-refractivity contribution in [2.24, 2.45) is 0 Å². The normalized spacial score (nSPS) is 15.8. The molecule has 3 heterocycles. The van der Waals surface area contributed by atoms with Crippen LogP contribution in [0.4, 0.5) is 4.79 Å². The molecule has 3 aromatic rings. The van der Waals surface area contributed by atoms with Gasteiger partial charge in [-0.2, -0.15) is 0 Å². The van der Waals surface area contributed by atoms with Gasteiger partial charge in [0.25, 0.3) is 0 Å². The number of pyridine rings is 1. The van der Waals surface area contributed by atoms with E-state index in [2.05, 4.69) is 35.7 Å². The van der Waals surface area contributed by atoms with Crippen LogP contribution in [-0.4, -0.2) is 35.7 Å². The van der Waals surface area contributed by atoms with Gasteiger partial charge in [-0.1, -0.05) is 29.3 Å². The lowest BCUT2D eigenvalue weighted by Gasteiger charge is -2.29. The van der Waals surface area contributed by atoms with Gasteiger partial charge in [0.1, 0.15) is 0 Å². The quantitative estimate of drug-likeness (QED) is 0.428. The van der Waals surface area contributed by atoms with Crippen LogP contribution in [0.1, 0.15) is 42.1 Å². The van der Waals surface area contributed by atoms with Crippen LogP contribution >= 0.6 is 22.9 Å². The second kappa shape index (κ2) is 9.08. The number of hydrogen-bond acceptors (Lipinski definition) is 4. The summed E-state index contributed by atoms with van der Waals surface area (Å²) in [5.74, 6) is 0. The first-order valence-corrected chi connectivity index (χ1v) is 12.4. The third-order valence-electron chi connectivity index (χ3n) is 6.26. The monoisotopic (exact) mass is 464 g/mol. The second-order valence-corrected chi connectivity index (χ2v) is 9.56. The fraction of sp³-hybridized carbons (Fsp3) is 0.308. The zero-order chi connectivity index (χ0) is 22.1. The number of hydrogen-bond donors (Lipinski definition) is 0. The maximum atomic E-state index is 12.2. The Bertz CT molecular complexity index is 1180. The molecule has 2 aromatic heterocycles. The van der Waals surface area contributed by atoms with E-state index >= 15 is 0 Å². The number of thiophene rings is 1. The van der Waals surface area contributed by atoms with Crippen LogP contribution in [0.3, 0.4) is 0 Å². The smallest absolute Gasteiger partial charge is 0.409 e. The molecule has 1 saturated heterocycles. The average molecular weight is 465 g/mol. The van der Waals surface area contributed by atoms with Crippen molar-refractivity contribution in [3.05, 3.63) is 81.0 Å². The van der Waals surface area contributed by atoms with E-state index in [0.717, 1.165) is 36.4 Å². The number of benzene rings is 1. The number of carbonyl (C=O) groups is 1. The van der Waals surface area contributed by atoms with E-state index < -0.39 is 0 Å². The van der Waals surface area contributed by atoms with Gasteiger partial charge in [0.2, 0.25) is 0 Å². The van der Waals surface area contributed by atoms with Crippen molar-refractivity contribution in [1.29, 1.82) is 0 Å². The fourth-order valence-corrected chi connectivity index (χ4v) is 5.60. The number of ether oxygens (including phenoxy) is 1. The highest BCUT2D eigenvalue weighted by Gasteiger charge is 2.27. The van der Waals surface area contributed by atoms with Gasteiger partial charge in [-0.15, -0.1) is 11.3 Å². The number of piperidine rings is 1. The van der Waals surface area contributed by atoms with Crippen molar-refractivity contribution in [2.45, 2.75) is 32.6 Å². The summed E-state index contributed by atoms with van der Waals surface area (Å²) in [5, 5.41) is 2.87. The minimum atomic E-state index is -0.219. The molecule has 0 unspecified atom stereocenters. The lowest BCUT2D eigenvalue weighted by molar-refractivity contribution is 0.104. The molecular formula is C26H25ClN2O2S. The van der Waals surface area contributed by atoms with E-state index in [1.807, 2.05) is 19.2 Å². The molecule has 4 nitrogen and oxygen atoms in total. The van der Waals surface area contributed by atoms with Gasteiger partial charge in [0.05, 0.1) is 12.3 Å². The van der Waals surface area contributed by atoms with E-state index in [-0.39, 0.29) is 6.09 Å². The molecule has 0 saturated carbocycles. The Morgan fingerprint density at radius 2 is 1.94 bits per heavy atom. The molecule has 1 fully saturated rings. The number of nitrogens with zero attached hydrogens (tertiary/aromatic N) is 2. The predicted octanol–water partition coefficient (Wildman–Crippen LogP) is 6.62. The lowest BCUT2D eigenvalue weighted by atomic mass is 9.88. The highest BCUT2D eigenvalue weighted by atomic mass is 35.5. The zero-order valence-corrected chi connectivity index (χ0v) is 19.6. The van der Waals surface area contributed by atoms with E-state index in [1.165, 1.54) is 38.3 Å². The lowest BCUT2D eigenvalue weighted by Crippen LogP contribution is -2.37. The molecule has 6 heteroatoms.